The molecule has 4 N–H and O–H groups in total. The summed E-state index contributed by atoms with van der Waals surface area (Å²) in [6, 6.07) is 13.1. The van der Waals surface area contributed by atoms with Gasteiger partial charge >= 0.3 is 0 Å². The topological polar surface area (TPSA) is 100 Å². The van der Waals surface area contributed by atoms with E-state index in [0.29, 0.717) is 36.5 Å². The molecule has 31 heavy (non-hydrogen) atoms. The number of benzene rings is 2. The van der Waals surface area contributed by atoms with Crippen LogP contribution in [-0.2, 0) is 4.74 Å². The summed E-state index contributed by atoms with van der Waals surface area (Å²) in [5, 5.41) is 10.9. The first kappa shape index (κ1) is 22.5. The molecule has 0 aliphatic carbocycles. The fourth-order valence-corrected chi connectivity index (χ4v) is 3.57. The number of rotatable bonds is 10. The Bertz CT molecular complexity index is 1050. The average molecular weight is 441 g/mol. The van der Waals surface area contributed by atoms with Gasteiger partial charge in [-0.05, 0) is 43.0 Å². The third-order valence-corrected chi connectivity index (χ3v) is 5.31. The maximum atomic E-state index is 14.9. The van der Waals surface area contributed by atoms with Crippen LogP contribution in [-0.4, -0.2) is 42.7 Å². The van der Waals surface area contributed by atoms with E-state index in [4.69, 9.17) is 15.9 Å². The van der Waals surface area contributed by atoms with Crippen molar-refractivity contribution < 1.29 is 9.13 Å². The summed E-state index contributed by atoms with van der Waals surface area (Å²) < 4.78 is 20.1. The minimum absolute atomic E-state index is 0.100. The summed E-state index contributed by atoms with van der Waals surface area (Å²) in [6.45, 7) is 0.922. The van der Waals surface area contributed by atoms with Gasteiger partial charge in [0.2, 0.25) is 5.95 Å². The lowest BCUT2D eigenvalue weighted by atomic mass is 10.1. The normalized spacial score (nSPS) is 10.7. The maximum absolute atomic E-state index is 14.9. The zero-order chi connectivity index (χ0) is 22.2. The molecule has 1 heterocycles. The van der Waals surface area contributed by atoms with E-state index in [9.17, 15) is 4.39 Å². The Morgan fingerprint density at radius 3 is 2.84 bits per heavy atom. The zero-order valence-electron chi connectivity index (χ0n) is 17.4. The standard InChI is InChI=1S/C22H25FN6OS/c1-30-11-5-10-29(20-9-4-8-19(25)17(20)13-24)21-18(23)14-26-22(28-21)27-15-6-3-7-16(12-15)31-2/h3-4,6-9,12-14,24H,5,10-11,25H2,1-2H3,(H,26,27,28). The molecule has 7 nitrogen and oxygen atoms in total. The Labute approximate surface area is 185 Å². The van der Waals surface area contributed by atoms with Crippen LogP contribution in [0.25, 0.3) is 0 Å². The second-order valence-electron chi connectivity index (χ2n) is 6.64. The molecule has 0 amide bonds. The van der Waals surface area contributed by atoms with E-state index >= 15 is 0 Å². The van der Waals surface area contributed by atoms with E-state index in [0.717, 1.165) is 16.8 Å². The molecule has 3 aromatic rings. The molecule has 0 spiro atoms. The number of anilines is 5. The van der Waals surface area contributed by atoms with Crippen molar-refractivity contribution in [2.24, 2.45) is 0 Å². The number of nitrogens with one attached hydrogen (secondary N) is 2. The molecule has 0 aliphatic rings. The van der Waals surface area contributed by atoms with Crippen LogP contribution in [0.15, 0.2) is 53.6 Å². The fraction of sp³-hybridized carbons (Fsp3) is 0.227. The molecule has 0 aliphatic heterocycles. The summed E-state index contributed by atoms with van der Waals surface area (Å²) in [6.07, 6.45) is 4.93. The Morgan fingerprint density at radius 1 is 1.29 bits per heavy atom. The van der Waals surface area contributed by atoms with E-state index in [-0.39, 0.29) is 11.8 Å². The van der Waals surface area contributed by atoms with Gasteiger partial charge in [0.05, 0.1) is 11.9 Å². The summed E-state index contributed by atoms with van der Waals surface area (Å²) in [5.41, 5.74) is 8.39. The Hall–Kier alpha value is -3.17. The van der Waals surface area contributed by atoms with Gasteiger partial charge in [-0.25, -0.2) is 9.37 Å². The van der Waals surface area contributed by atoms with E-state index in [1.165, 1.54) is 6.21 Å². The predicted octanol–water partition coefficient (Wildman–Crippen LogP) is 4.84. The number of aromatic nitrogens is 2. The van der Waals surface area contributed by atoms with E-state index in [1.807, 2.05) is 30.5 Å². The second-order valence-corrected chi connectivity index (χ2v) is 7.52. The van der Waals surface area contributed by atoms with Crippen LogP contribution >= 0.6 is 11.8 Å². The van der Waals surface area contributed by atoms with Crippen molar-refractivity contribution in [2.45, 2.75) is 11.3 Å². The minimum atomic E-state index is -0.570. The number of hydrogen-bond acceptors (Lipinski definition) is 8. The Balaban J connectivity index is 2.01. The number of hydrogen-bond donors (Lipinski definition) is 3. The monoisotopic (exact) mass is 440 g/mol. The molecule has 0 fully saturated rings. The highest BCUT2D eigenvalue weighted by molar-refractivity contribution is 7.98. The van der Waals surface area contributed by atoms with Crippen LogP contribution in [0.5, 0.6) is 0 Å². The molecule has 2 aromatic carbocycles. The highest BCUT2D eigenvalue weighted by atomic mass is 32.2. The molecular formula is C22H25FN6OS. The van der Waals surface area contributed by atoms with Crippen LogP contribution in [0.4, 0.5) is 33.2 Å². The first-order chi connectivity index (χ1) is 15.1. The van der Waals surface area contributed by atoms with Crippen molar-refractivity contribution in [3.05, 3.63) is 60.0 Å². The Kier molecular flexibility index (Phi) is 7.80. The minimum Gasteiger partial charge on any atom is -0.398 e. The van der Waals surface area contributed by atoms with Crippen molar-refractivity contribution in [3.8, 4) is 0 Å². The van der Waals surface area contributed by atoms with Crippen molar-refractivity contribution in [2.75, 3.05) is 42.5 Å². The molecule has 0 saturated carbocycles. The van der Waals surface area contributed by atoms with Crippen molar-refractivity contribution in [3.63, 3.8) is 0 Å². The number of methoxy groups -OCH3 is 1. The van der Waals surface area contributed by atoms with Crippen LogP contribution in [0, 0.1) is 11.2 Å². The molecule has 3 rings (SSSR count). The summed E-state index contributed by atoms with van der Waals surface area (Å²) in [5.74, 6) is -0.200. The molecule has 0 atom stereocenters. The van der Waals surface area contributed by atoms with Crippen LogP contribution < -0.4 is 16.0 Å². The van der Waals surface area contributed by atoms with Gasteiger partial charge < -0.3 is 26.1 Å². The lowest BCUT2D eigenvalue weighted by Gasteiger charge is -2.26. The maximum Gasteiger partial charge on any atom is 0.229 e. The lowest BCUT2D eigenvalue weighted by molar-refractivity contribution is 0.196. The zero-order valence-corrected chi connectivity index (χ0v) is 18.2. The predicted molar refractivity (Wildman–Crippen MR) is 126 cm³/mol. The fourth-order valence-electron chi connectivity index (χ4n) is 3.11. The largest absolute Gasteiger partial charge is 0.398 e. The van der Waals surface area contributed by atoms with Gasteiger partial charge in [-0.2, -0.15) is 4.98 Å². The summed E-state index contributed by atoms with van der Waals surface area (Å²) in [4.78, 5) is 11.3. The molecule has 1 aromatic heterocycles. The van der Waals surface area contributed by atoms with Gasteiger partial charge in [-0.15, -0.1) is 11.8 Å². The molecule has 9 heteroatoms. The van der Waals surface area contributed by atoms with Crippen molar-refractivity contribution in [1.29, 1.82) is 5.41 Å². The van der Waals surface area contributed by atoms with Crippen LogP contribution in [0.2, 0.25) is 0 Å². The number of nitrogens with zero attached hydrogens (tertiary/aromatic N) is 3. The van der Waals surface area contributed by atoms with Gasteiger partial charge in [-0.1, -0.05) is 12.1 Å². The number of thioether (sulfide) groups is 1. The Morgan fingerprint density at radius 2 is 2.10 bits per heavy atom. The van der Waals surface area contributed by atoms with E-state index in [1.54, 1.807) is 42.0 Å². The van der Waals surface area contributed by atoms with Crippen LogP contribution in [0.1, 0.15) is 12.0 Å². The number of ether oxygens (including phenoxy) is 1. The quantitative estimate of drug-likeness (QED) is 0.180. The van der Waals surface area contributed by atoms with Crippen molar-refractivity contribution >= 4 is 46.8 Å². The molecule has 0 bridgehead atoms. The van der Waals surface area contributed by atoms with E-state index < -0.39 is 5.82 Å². The SMILES string of the molecule is COCCCN(c1cccc(N)c1C=N)c1nc(Nc2cccc(SC)c2)ncc1F. The van der Waals surface area contributed by atoms with Crippen LogP contribution in [0.3, 0.4) is 0 Å². The van der Waals surface area contributed by atoms with Gasteiger partial charge in [-0.3, -0.25) is 0 Å². The first-order valence-corrected chi connectivity index (χ1v) is 10.9. The molecular weight excluding hydrogens is 415 g/mol. The third kappa shape index (κ3) is 5.50. The molecule has 162 valence electrons. The molecule has 0 saturated heterocycles. The first-order valence-electron chi connectivity index (χ1n) is 9.66. The number of halogens is 1. The molecule has 0 radical (unpaired) electrons. The van der Waals surface area contributed by atoms with Gasteiger partial charge in [0.25, 0.3) is 0 Å². The van der Waals surface area contributed by atoms with Gasteiger partial charge in [0, 0.05) is 48.3 Å². The number of nitrogens with two attached hydrogens (primary N) is 1. The van der Waals surface area contributed by atoms with Gasteiger partial charge in [0.15, 0.2) is 11.6 Å². The van der Waals surface area contributed by atoms with E-state index in [2.05, 4.69) is 15.3 Å². The smallest absolute Gasteiger partial charge is 0.229 e. The average Bonchev–Trinajstić information content (AvgIpc) is 2.78. The lowest BCUT2D eigenvalue weighted by Crippen LogP contribution is -2.24. The van der Waals surface area contributed by atoms with Gasteiger partial charge in [0.1, 0.15) is 0 Å². The molecule has 0 unspecified atom stereocenters. The highest BCUT2D eigenvalue weighted by Gasteiger charge is 2.20. The highest BCUT2D eigenvalue weighted by Crippen LogP contribution is 2.32. The summed E-state index contributed by atoms with van der Waals surface area (Å²) in [7, 11) is 1.61. The third-order valence-electron chi connectivity index (χ3n) is 4.59. The second kappa shape index (κ2) is 10.7. The summed E-state index contributed by atoms with van der Waals surface area (Å²) >= 11 is 1.62. The van der Waals surface area contributed by atoms with Crippen molar-refractivity contribution in [1.82, 2.24) is 9.97 Å². The number of nitrogen functional groups attached to an aromatic ring is 1.